The van der Waals surface area contributed by atoms with Gasteiger partial charge in [-0.05, 0) is 25.0 Å². The first-order valence-electron chi connectivity index (χ1n) is 8.95. The minimum atomic E-state index is -0.309. The molecule has 4 heteroatoms. The molecule has 0 aliphatic rings. The van der Waals surface area contributed by atoms with Crippen LogP contribution in [0.15, 0.2) is 71.9 Å². The number of nitrogens with zero attached hydrogens (tertiary/aromatic N) is 2. The number of aromatic nitrogens is 1. The maximum absolute atomic E-state index is 10.3. The molecule has 0 aliphatic heterocycles. The van der Waals surface area contributed by atoms with Crippen LogP contribution >= 0.6 is 0 Å². The Bertz CT molecular complexity index is 882. The third-order valence-electron chi connectivity index (χ3n) is 4.98. The van der Waals surface area contributed by atoms with E-state index >= 15 is 0 Å². The van der Waals surface area contributed by atoms with Crippen molar-refractivity contribution in [2.24, 2.45) is 4.99 Å². The zero-order chi connectivity index (χ0) is 19.3. The summed E-state index contributed by atoms with van der Waals surface area (Å²) in [5, 5.41) is 19.8. The third kappa shape index (κ3) is 3.91. The fraction of sp³-hybridized carbons (Fsp3) is 0.217. The van der Waals surface area contributed by atoms with Crippen LogP contribution < -0.4 is 0 Å². The average Bonchev–Trinajstić information content (AvgIpc) is 2.72. The molecule has 0 amide bonds. The lowest BCUT2D eigenvalue weighted by atomic mass is 9.76. The highest BCUT2D eigenvalue weighted by atomic mass is 16.3. The molecule has 0 unspecified atom stereocenters. The van der Waals surface area contributed by atoms with Crippen molar-refractivity contribution in [3.05, 3.63) is 94.8 Å². The molecular formula is C23H24N2O2. The molecule has 1 aromatic heterocycles. The zero-order valence-electron chi connectivity index (χ0n) is 15.6. The van der Waals surface area contributed by atoms with E-state index in [1.807, 2.05) is 36.4 Å². The van der Waals surface area contributed by atoms with Gasteiger partial charge in [0.1, 0.15) is 5.75 Å². The maximum Gasteiger partial charge on any atom is 0.145 e. The molecular weight excluding hydrogens is 336 g/mol. The van der Waals surface area contributed by atoms with Crippen LogP contribution in [0.1, 0.15) is 34.9 Å². The van der Waals surface area contributed by atoms with Gasteiger partial charge >= 0.3 is 0 Å². The standard InChI is InChI=1S/C23H24N2O2/c1-17-22(27)21(18(15-26)13-25-17)14-24-16-23(2,19-9-5-3-6-10-19)20-11-7-4-8-12-20/h3-14,26-27H,15-16H2,1-2H3. The van der Waals surface area contributed by atoms with Crippen LogP contribution in [0.3, 0.4) is 0 Å². The van der Waals surface area contributed by atoms with E-state index < -0.39 is 0 Å². The second-order valence-corrected chi connectivity index (χ2v) is 6.82. The summed E-state index contributed by atoms with van der Waals surface area (Å²) in [5.74, 6) is 0.0615. The highest BCUT2D eigenvalue weighted by molar-refractivity contribution is 5.85. The van der Waals surface area contributed by atoms with Gasteiger partial charge in [0.05, 0.1) is 18.8 Å². The number of aliphatic hydroxyl groups excluding tert-OH is 1. The Morgan fingerprint density at radius 2 is 1.56 bits per heavy atom. The number of pyridine rings is 1. The molecule has 1 heterocycles. The van der Waals surface area contributed by atoms with Crippen LogP contribution in [0.4, 0.5) is 0 Å². The molecule has 0 fully saturated rings. The van der Waals surface area contributed by atoms with E-state index in [2.05, 4.69) is 41.2 Å². The van der Waals surface area contributed by atoms with Gasteiger partial charge in [-0.15, -0.1) is 0 Å². The van der Waals surface area contributed by atoms with Crippen molar-refractivity contribution < 1.29 is 10.2 Å². The number of hydrogen-bond donors (Lipinski definition) is 2. The average molecular weight is 360 g/mol. The number of aliphatic imine (C=N–C) groups is 1. The zero-order valence-corrected chi connectivity index (χ0v) is 15.6. The summed E-state index contributed by atoms with van der Waals surface area (Å²) in [6.07, 6.45) is 3.21. The predicted octanol–water partition coefficient (Wildman–Crippen LogP) is 4.01. The Hall–Kier alpha value is -2.98. The van der Waals surface area contributed by atoms with Gasteiger partial charge in [0.25, 0.3) is 0 Å². The van der Waals surface area contributed by atoms with E-state index in [4.69, 9.17) is 0 Å². The SMILES string of the molecule is Cc1ncc(CO)c(C=NCC(C)(c2ccccc2)c2ccccc2)c1O. The van der Waals surface area contributed by atoms with Gasteiger partial charge in [0.2, 0.25) is 0 Å². The van der Waals surface area contributed by atoms with E-state index in [9.17, 15) is 10.2 Å². The Labute approximate surface area is 159 Å². The number of benzene rings is 2. The summed E-state index contributed by atoms with van der Waals surface area (Å²) >= 11 is 0. The van der Waals surface area contributed by atoms with Crippen molar-refractivity contribution in [3.63, 3.8) is 0 Å². The topological polar surface area (TPSA) is 65.7 Å². The Balaban J connectivity index is 1.98. The smallest absolute Gasteiger partial charge is 0.145 e. The largest absolute Gasteiger partial charge is 0.505 e. The summed E-state index contributed by atoms with van der Waals surface area (Å²) in [5.41, 5.74) is 3.63. The van der Waals surface area contributed by atoms with Crippen molar-refractivity contribution in [2.75, 3.05) is 6.54 Å². The molecule has 0 aliphatic carbocycles. The van der Waals surface area contributed by atoms with Crippen LogP contribution in [-0.4, -0.2) is 28.0 Å². The van der Waals surface area contributed by atoms with Crippen LogP contribution in [-0.2, 0) is 12.0 Å². The van der Waals surface area contributed by atoms with E-state index in [0.29, 0.717) is 23.4 Å². The molecule has 3 rings (SSSR count). The van der Waals surface area contributed by atoms with Crippen molar-refractivity contribution in [3.8, 4) is 5.75 Å². The Kier molecular flexibility index (Phi) is 5.67. The molecule has 0 radical (unpaired) electrons. The summed E-state index contributed by atoms with van der Waals surface area (Å²) in [4.78, 5) is 8.74. The van der Waals surface area contributed by atoms with E-state index in [-0.39, 0.29) is 17.8 Å². The lowest BCUT2D eigenvalue weighted by Crippen LogP contribution is -2.27. The summed E-state index contributed by atoms with van der Waals surface area (Å²) in [7, 11) is 0. The fourth-order valence-corrected chi connectivity index (χ4v) is 3.20. The molecule has 4 nitrogen and oxygen atoms in total. The van der Waals surface area contributed by atoms with E-state index in [0.717, 1.165) is 0 Å². The Morgan fingerprint density at radius 1 is 1.00 bits per heavy atom. The summed E-state index contributed by atoms with van der Waals surface area (Å²) < 4.78 is 0. The van der Waals surface area contributed by atoms with Gasteiger partial charge < -0.3 is 10.2 Å². The fourth-order valence-electron chi connectivity index (χ4n) is 3.20. The van der Waals surface area contributed by atoms with Crippen molar-refractivity contribution in [2.45, 2.75) is 25.9 Å². The first kappa shape index (κ1) is 18.8. The van der Waals surface area contributed by atoms with Gasteiger partial charge in [0, 0.05) is 29.0 Å². The van der Waals surface area contributed by atoms with Crippen LogP contribution in [0, 0.1) is 6.92 Å². The van der Waals surface area contributed by atoms with E-state index in [1.165, 1.54) is 11.1 Å². The Morgan fingerprint density at radius 3 is 2.07 bits per heavy atom. The van der Waals surface area contributed by atoms with E-state index in [1.54, 1.807) is 19.3 Å². The van der Waals surface area contributed by atoms with Crippen molar-refractivity contribution in [1.29, 1.82) is 0 Å². The van der Waals surface area contributed by atoms with Crippen LogP contribution in [0.2, 0.25) is 0 Å². The third-order valence-corrected chi connectivity index (χ3v) is 4.98. The molecule has 2 N–H and O–H groups in total. The molecule has 2 aromatic carbocycles. The number of aliphatic hydroxyl groups is 1. The van der Waals surface area contributed by atoms with Gasteiger partial charge in [-0.25, -0.2) is 0 Å². The monoisotopic (exact) mass is 360 g/mol. The molecule has 0 saturated carbocycles. The first-order chi connectivity index (χ1) is 13.1. The van der Waals surface area contributed by atoms with Gasteiger partial charge in [-0.3, -0.25) is 9.98 Å². The number of aromatic hydroxyl groups is 1. The molecule has 27 heavy (non-hydrogen) atoms. The van der Waals surface area contributed by atoms with Crippen LogP contribution in [0.25, 0.3) is 0 Å². The predicted molar refractivity (Wildman–Crippen MR) is 108 cm³/mol. The number of hydrogen-bond acceptors (Lipinski definition) is 4. The van der Waals surface area contributed by atoms with Crippen molar-refractivity contribution in [1.82, 2.24) is 4.98 Å². The summed E-state index contributed by atoms with van der Waals surface area (Å²) in [6, 6.07) is 20.6. The molecule has 0 atom stereocenters. The van der Waals surface area contributed by atoms with Crippen LogP contribution in [0.5, 0.6) is 5.75 Å². The molecule has 0 bridgehead atoms. The molecule has 0 saturated heterocycles. The highest BCUT2D eigenvalue weighted by Crippen LogP contribution is 2.32. The molecule has 3 aromatic rings. The van der Waals surface area contributed by atoms with Gasteiger partial charge in [-0.1, -0.05) is 60.7 Å². The molecule has 0 spiro atoms. The molecule has 138 valence electrons. The minimum Gasteiger partial charge on any atom is -0.505 e. The number of aryl methyl sites for hydroxylation is 1. The quantitative estimate of drug-likeness (QED) is 0.653. The highest BCUT2D eigenvalue weighted by Gasteiger charge is 2.28. The number of rotatable bonds is 6. The van der Waals surface area contributed by atoms with Gasteiger partial charge in [0.15, 0.2) is 0 Å². The lowest BCUT2D eigenvalue weighted by molar-refractivity contribution is 0.280. The van der Waals surface area contributed by atoms with Gasteiger partial charge in [-0.2, -0.15) is 0 Å². The lowest BCUT2D eigenvalue weighted by Gasteiger charge is -2.29. The summed E-state index contributed by atoms with van der Waals surface area (Å²) in [6.45, 7) is 4.20. The maximum atomic E-state index is 10.3. The second kappa shape index (κ2) is 8.14. The normalized spacial score (nSPS) is 11.8. The minimum absolute atomic E-state index is 0.0615. The second-order valence-electron chi connectivity index (χ2n) is 6.82. The van der Waals surface area contributed by atoms with Crippen molar-refractivity contribution >= 4 is 6.21 Å². The first-order valence-corrected chi connectivity index (χ1v) is 8.95.